The first-order chi connectivity index (χ1) is 7.72. The van der Waals surface area contributed by atoms with E-state index in [-0.39, 0.29) is 0 Å². The zero-order chi connectivity index (χ0) is 11.5. The summed E-state index contributed by atoms with van der Waals surface area (Å²) in [6.45, 7) is 5.08. The second-order valence-corrected chi connectivity index (χ2v) is 4.43. The number of aryl methyl sites for hydroxylation is 1. The summed E-state index contributed by atoms with van der Waals surface area (Å²) in [5, 5.41) is 3.33. The summed E-state index contributed by atoms with van der Waals surface area (Å²) in [4.78, 5) is 4.29. The molecule has 0 saturated carbocycles. The molecule has 1 aromatic heterocycles. The molecule has 3 nitrogen and oxygen atoms in total. The Morgan fingerprint density at radius 2 is 2.25 bits per heavy atom. The molecule has 0 radical (unpaired) electrons. The van der Waals surface area contributed by atoms with Crippen LogP contribution in [0.1, 0.15) is 12.5 Å². The van der Waals surface area contributed by atoms with E-state index in [1.807, 2.05) is 18.3 Å². The Labute approximate surface area is 104 Å². The van der Waals surface area contributed by atoms with Gasteiger partial charge in [-0.2, -0.15) is 0 Å². The summed E-state index contributed by atoms with van der Waals surface area (Å²) >= 11 is 3.52. The minimum atomic E-state index is 0.878. The molecule has 0 spiro atoms. The quantitative estimate of drug-likeness (QED) is 0.928. The Bertz CT molecular complexity index is 491. The molecule has 0 aliphatic carbocycles. The topological polar surface area (TPSA) is 29.9 Å². The Balaban J connectivity index is 2.30. The molecule has 0 aliphatic rings. The van der Waals surface area contributed by atoms with Crippen LogP contribution in [0.4, 0.5) is 11.6 Å². The van der Waals surface area contributed by atoms with E-state index in [1.54, 1.807) is 6.20 Å². The minimum Gasteiger partial charge on any atom is -0.325 e. The van der Waals surface area contributed by atoms with Crippen LogP contribution < -0.4 is 5.32 Å². The molecule has 84 valence electrons. The van der Waals surface area contributed by atoms with E-state index in [1.165, 1.54) is 5.56 Å². The summed E-state index contributed by atoms with van der Waals surface area (Å²) < 4.78 is 3.17. The van der Waals surface area contributed by atoms with Crippen molar-refractivity contribution in [2.45, 2.75) is 20.4 Å². The number of hydrogen-bond acceptors (Lipinski definition) is 2. The third kappa shape index (κ3) is 2.11. The average Bonchev–Trinajstić information content (AvgIpc) is 2.72. The number of nitrogens with zero attached hydrogens (tertiary/aromatic N) is 2. The Morgan fingerprint density at radius 3 is 3.00 bits per heavy atom. The summed E-state index contributed by atoms with van der Waals surface area (Å²) in [6.07, 6.45) is 3.77. The van der Waals surface area contributed by atoms with Gasteiger partial charge in [0.05, 0.1) is 0 Å². The molecular formula is C12H14BrN3. The fourth-order valence-electron chi connectivity index (χ4n) is 1.55. The molecule has 1 aromatic carbocycles. The molecule has 4 heteroatoms. The summed E-state index contributed by atoms with van der Waals surface area (Å²) in [5.74, 6) is 0.878. The first-order valence-electron chi connectivity index (χ1n) is 5.25. The number of halogens is 1. The molecule has 0 saturated heterocycles. The highest BCUT2D eigenvalue weighted by Gasteiger charge is 2.05. The van der Waals surface area contributed by atoms with Gasteiger partial charge in [0.15, 0.2) is 0 Å². The zero-order valence-corrected chi connectivity index (χ0v) is 11.0. The maximum absolute atomic E-state index is 4.29. The first kappa shape index (κ1) is 11.2. The van der Waals surface area contributed by atoms with Crippen LogP contribution in [0.5, 0.6) is 0 Å². The van der Waals surface area contributed by atoms with Gasteiger partial charge in [-0.05, 0) is 31.5 Å². The van der Waals surface area contributed by atoms with Gasteiger partial charge in [-0.25, -0.2) is 4.98 Å². The summed E-state index contributed by atoms with van der Waals surface area (Å²) in [7, 11) is 0. The van der Waals surface area contributed by atoms with Crippen LogP contribution in [0.15, 0.2) is 35.1 Å². The van der Waals surface area contributed by atoms with Crippen molar-refractivity contribution < 1.29 is 0 Å². The number of imidazole rings is 1. The van der Waals surface area contributed by atoms with Crippen molar-refractivity contribution in [3.05, 3.63) is 40.6 Å². The number of hydrogen-bond donors (Lipinski definition) is 1. The maximum Gasteiger partial charge on any atom is 0.207 e. The van der Waals surface area contributed by atoms with Crippen LogP contribution in [-0.2, 0) is 6.54 Å². The predicted octanol–water partition coefficient (Wildman–Crippen LogP) is 3.72. The van der Waals surface area contributed by atoms with Crippen molar-refractivity contribution in [3.63, 3.8) is 0 Å². The number of rotatable bonds is 3. The molecule has 0 fully saturated rings. The van der Waals surface area contributed by atoms with E-state index in [0.29, 0.717) is 0 Å². The normalized spacial score (nSPS) is 10.4. The molecule has 1 N–H and O–H groups in total. The fraction of sp³-hybridized carbons (Fsp3) is 0.250. The molecule has 2 aromatic rings. The lowest BCUT2D eigenvalue weighted by Gasteiger charge is -2.11. The van der Waals surface area contributed by atoms with E-state index in [9.17, 15) is 0 Å². The van der Waals surface area contributed by atoms with E-state index in [0.717, 1.165) is 22.7 Å². The van der Waals surface area contributed by atoms with Crippen molar-refractivity contribution in [2.24, 2.45) is 0 Å². The molecule has 0 aliphatic heterocycles. The van der Waals surface area contributed by atoms with Gasteiger partial charge >= 0.3 is 0 Å². The van der Waals surface area contributed by atoms with Crippen LogP contribution in [-0.4, -0.2) is 9.55 Å². The van der Waals surface area contributed by atoms with Crippen LogP contribution in [0, 0.1) is 6.92 Å². The SMILES string of the molecule is CCn1ccnc1Nc1cccc(Br)c1C. The molecular weight excluding hydrogens is 266 g/mol. The van der Waals surface area contributed by atoms with Crippen molar-refractivity contribution in [3.8, 4) is 0 Å². The smallest absolute Gasteiger partial charge is 0.207 e. The third-order valence-electron chi connectivity index (χ3n) is 2.57. The second kappa shape index (κ2) is 4.70. The highest BCUT2D eigenvalue weighted by Crippen LogP contribution is 2.25. The molecule has 0 amide bonds. The van der Waals surface area contributed by atoms with Crippen LogP contribution in [0.2, 0.25) is 0 Å². The number of benzene rings is 1. The minimum absolute atomic E-state index is 0.878. The standard InChI is InChI=1S/C12H14BrN3/c1-3-16-8-7-14-12(16)15-11-6-4-5-10(13)9(11)2/h4-8H,3H2,1-2H3,(H,14,15). The molecule has 16 heavy (non-hydrogen) atoms. The summed E-state index contributed by atoms with van der Waals surface area (Å²) in [6, 6.07) is 6.10. The molecule has 0 bridgehead atoms. The van der Waals surface area contributed by atoms with Gasteiger partial charge in [-0.1, -0.05) is 22.0 Å². The highest BCUT2D eigenvalue weighted by molar-refractivity contribution is 9.10. The molecule has 0 atom stereocenters. The monoisotopic (exact) mass is 279 g/mol. The Hall–Kier alpha value is -1.29. The van der Waals surface area contributed by atoms with E-state index in [2.05, 4.69) is 50.7 Å². The largest absolute Gasteiger partial charge is 0.325 e. The number of anilines is 2. The van der Waals surface area contributed by atoms with Gasteiger partial charge in [-0.3, -0.25) is 0 Å². The van der Waals surface area contributed by atoms with Gasteiger partial charge in [-0.15, -0.1) is 0 Å². The van der Waals surface area contributed by atoms with E-state index in [4.69, 9.17) is 0 Å². The van der Waals surface area contributed by atoms with Gasteiger partial charge in [0.2, 0.25) is 5.95 Å². The Kier molecular flexibility index (Phi) is 3.29. The highest BCUT2D eigenvalue weighted by atomic mass is 79.9. The van der Waals surface area contributed by atoms with Gasteiger partial charge in [0.1, 0.15) is 0 Å². The van der Waals surface area contributed by atoms with E-state index >= 15 is 0 Å². The van der Waals surface area contributed by atoms with Crippen LogP contribution in [0.3, 0.4) is 0 Å². The van der Waals surface area contributed by atoms with Gasteiger partial charge in [0.25, 0.3) is 0 Å². The second-order valence-electron chi connectivity index (χ2n) is 3.57. The predicted molar refractivity (Wildman–Crippen MR) is 70.1 cm³/mol. The lowest BCUT2D eigenvalue weighted by molar-refractivity contribution is 0.771. The van der Waals surface area contributed by atoms with Crippen molar-refractivity contribution in [1.29, 1.82) is 0 Å². The first-order valence-corrected chi connectivity index (χ1v) is 6.05. The average molecular weight is 280 g/mol. The van der Waals surface area contributed by atoms with E-state index < -0.39 is 0 Å². The van der Waals surface area contributed by atoms with Gasteiger partial charge in [0, 0.05) is 29.1 Å². The Morgan fingerprint density at radius 1 is 1.44 bits per heavy atom. The van der Waals surface area contributed by atoms with Crippen molar-refractivity contribution in [1.82, 2.24) is 9.55 Å². The number of nitrogens with one attached hydrogen (secondary N) is 1. The molecule has 2 rings (SSSR count). The van der Waals surface area contributed by atoms with Crippen LogP contribution >= 0.6 is 15.9 Å². The third-order valence-corrected chi connectivity index (χ3v) is 3.43. The van der Waals surface area contributed by atoms with Crippen molar-refractivity contribution >= 4 is 27.6 Å². The molecule has 0 unspecified atom stereocenters. The summed E-state index contributed by atoms with van der Waals surface area (Å²) in [5.41, 5.74) is 2.27. The molecule has 1 heterocycles. The van der Waals surface area contributed by atoms with Gasteiger partial charge < -0.3 is 9.88 Å². The fourth-order valence-corrected chi connectivity index (χ4v) is 1.92. The lowest BCUT2D eigenvalue weighted by atomic mass is 10.2. The van der Waals surface area contributed by atoms with Crippen molar-refractivity contribution in [2.75, 3.05) is 5.32 Å². The van der Waals surface area contributed by atoms with Crippen LogP contribution in [0.25, 0.3) is 0 Å². The maximum atomic E-state index is 4.29. The number of aromatic nitrogens is 2. The zero-order valence-electron chi connectivity index (χ0n) is 9.37. The lowest BCUT2D eigenvalue weighted by Crippen LogP contribution is -2.02.